The second-order valence-corrected chi connectivity index (χ2v) is 6.63. The Kier molecular flexibility index (Phi) is 4.01. The molecule has 2 atom stereocenters. The number of aryl methyl sites for hydroxylation is 1. The van der Waals surface area contributed by atoms with Crippen molar-refractivity contribution in [2.24, 2.45) is 7.05 Å². The molecule has 1 N–H and O–H groups in total. The van der Waals surface area contributed by atoms with E-state index >= 15 is 0 Å². The van der Waals surface area contributed by atoms with Crippen molar-refractivity contribution in [2.75, 3.05) is 5.75 Å². The van der Waals surface area contributed by atoms with Gasteiger partial charge in [0.1, 0.15) is 12.2 Å². The molecule has 0 aliphatic carbocycles. The third-order valence-corrected chi connectivity index (χ3v) is 4.95. The summed E-state index contributed by atoms with van der Waals surface area (Å²) >= 11 is 8.04. The van der Waals surface area contributed by atoms with Gasteiger partial charge in [-0.2, -0.15) is 0 Å². The van der Waals surface area contributed by atoms with E-state index in [1.807, 2.05) is 29.4 Å². The molecule has 1 aromatic heterocycles. The average Bonchev–Trinajstić information content (AvgIpc) is 2.86. The highest BCUT2D eigenvalue weighted by atomic mass is 35.5. The van der Waals surface area contributed by atoms with Crippen LogP contribution in [0.1, 0.15) is 36.8 Å². The second kappa shape index (κ2) is 5.76. The molecule has 0 saturated carbocycles. The summed E-state index contributed by atoms with van der Waals surface area (Å²) in [6, 6.07) is 6.62. The fraction of sp³-hybridized carbons (Fsp3) is 0.429. The summed E-state index contributed by atoms with van der Waals surface area (Å²) in [4.78, 5) is 1.32. The van der Waals surface area contributed by atoms with Gasteiger partial charge in [-0.25, -0.2) is 0 Å². The quantitative estimate of drug-likeness (QED) is 0.944. The molecule has 0 spiro atoms. The molecule has 0 saturated heterocycles. The van der Waals surface area contributed by atoms with Crippen LogP contribution in [0.15, 0.2) is 29.4 Å². The molecule has 0 bridgehead atoms. The number of aromatic nitrogens is 3. The maximum atomic E-state index is 6.14. The summed E-state index contributed by atoms with van der Waals surface area (Å²) in [5.41, 5.74) is 1.29. The molecule has 0 fully saturated rings. The van der Waals surface area contributed by atoms with E-state index in [0.717, 1.165) is 23.0 Å². The van der Waals surface area contributed by atoms with Crippen LogP contribution in [0.4, 0.5) is 0 Å². The Balaban J connectivity index is 1.83. The smallest absolute Gasteiger partial charge is 0.149 e. The van der Waals surface area contributed by atoms with Crippen molar-refractivity contribution < 1.29 is 0 Å². The summed E-state index contributed by atoms with van der Waals surface area (Å²) in [5, 5.41) is 12.6. The molecule has 4 nitrogen and oxygen atoms in total. The Morgan fingerprint density at radius 3 is 3.10 bits per heavy atom. The first-order valence-corrected chi connectivity index (χ1v) is 8.03. The first-order valence-electron chi connectivity index (χ1n) is 6.67. The molecule has 1 aliphatic rings. The van der Waals surface area contributed by atoms with Crippen LogP contribution in [0, 0.1) is 0 Å². The molecular formula is C14H17ClN4S. The van der Waals surface area contributed by atoms with Crippen LogP contribution in [0.2, 0.25) is 5.02 Å². The fourth-order valence-electron chi connectivity index (χ4n) is 2.60. The van der Waals surface area contributed by atoms with Gasteiger partial charge >= 0.3 is 0 Å². The van der Waals surface area contributed by atoms with Crippen molar-refractivity contribution in [3.8, 4) is 0 Å². The van der Waals surface area contributed by atoms with Crippen LogP contribution in [-0.2, 0) is 7.05 Å². The van der Waals surface area contributed by atoms with Crippen LogP contribution >= 0.6 is 23.4 Å². The maximum Gasteiger partial charge on any atom is 0.149 e. The zero-order valence-corrected chi connectivity index (χ0v) is 13.1. The van der Waals surface area contributed by atoms with Gasteiger partial charge in [0.2, 0.25) is 0 Å². The number of halogens is 1. The zero-order valence-electron chi connectivity index (χ0n) is 11.5. The minimum absolute atomic E-state index is 0.155. The molecule has 2 aromatic rings. The predicted octanol–water partition coefficient (Wildman–Crippen LogP) is 3.36. The van der Waals surface area contributed by atoms with Crippen molar-refractivity contribution in [1.82, 2.24) is 20.1 Å². The van der Waals surface area contributed by atoms with Gasteiger partial charge in [0, 0.05) is 23.0 Å². The van der Waals surface area contributed by atoms with Crippen LogP contribution in [0.25, 0.3) is 0 Å². The highest BCUT2D eigenvalue weighted by molar-refractivity contribution is 7.99. The van der Waals surface area contributed by atoms with E-state index < -0.39 is 0 Å². The third kappa shape index (κ3) is 2.71. The largest absolute Gasteiger partial charge is 0.319 e. The number of thioether (sulfide) groups is 1. The minimum Gasteiger partial charge on any atom is -0.319 e. The third-order valence-electron chi connectivity index (χ3n) is 3.60. The van der Waals surface area contributed by atoms with E-state index in [1.54, 1.807) is 6.33 Å². The first kappa shape index (κ1) is 13.9. The molecule has 3 rings (SSSR count). The van der Waals surface area contributed by atoms with Gasteiger partial charge in [0.25, 0.3) is 0 Å². The van der Waals surface area contributed by atoms with Crippen LogP contribution in [-0.4, -0.2) is 20.5 Å². The lowest BCUT2D eigenvalue weighted by molar-refractivity contribution is 0.429. The van der Waals surface area contributed by atoms with E-state index in [0.29, 0.717) is 6.04 Å². The summed E-state index contributed by atoms with van der Waals surface area (Å²) in [5.74, 6) is 2.07. The SMILES string of the molecule is CC(NC1CCSc2ccc(Cl)cc21)c1nncn1C. The summed E-state index contributed by atoms with van der Waals surface area (Å²) in [7, 11) is 1.97. The van der Waals surface area contributed by atoms with Gasteiger partial charge in [-0.05, 0) is 42.9 Å². The van der Waals surface area contributed by atoms with Gasteiger partial charge < -0.3 is 9.88 Å². The lowest BCUT2D eigenvalue weighted by Gasteiger charge is -2.28. The Bertz CT molecular complexity index is 613. The number of hydrogen-bond acceptors (Lipinski definition) is 4. The molecule has 2 heterocycles. The van der Waals surface area contributed by atoms with E-state index in [4.69, 9.17) is 11.6 Å². The highest BCUT2D eigenvalue weighted by Crippen LogP contribution is 2.38. The van der Waals surface area contributed by atoms with Crippen LogP contribution in [0.5, 0.6) is 0 Å². The number of benzene rings is 1. The van der Waals surface area contributed by atoms with E-state index in [-0.39, 0.29) is 6.04 Å². The van der Waals surface area contributed by atoms with Gasteiger partial charge in [0.15, 0.2) is 0 Å². The lowest BCUT2D eigenvalue weighted by Crippen LogP contribution is -2.28. The molecular weight excluding hydrogens is 292 g/mol. The van der Waals surface area contributed by atoms with E-state index in [1.165, 1.54) is 10.5 Å². The molecule has 106 valence electrons. The van der Waals surface area contributed by atoms with Crippen molar-refractivity contribution >= 4 is 23.4 Å². The minimum atomic E-state index is 0.155. The van der Waals surface area contributed by atoms with E-state index in [9.17, 15) is 0 Å². The summed E-state index contributed by atoms with van der Waals surface area (Å²) in [6.45, 7) is 2.12. The first-order chi connectivity index (χ1) is 9.65. The normalized spacial score (nSPS) is 19.6. The van der Waals surface area contributed by atoms with Gasteiger partial charge in [-0.15, -0.1) is 22.0 Å². The zero-order chi connectivity index (χ0) is 14.1. The molecule has 0 amide bonds. The number of hydrogen-bond donors (Lipinski definition) is 1. The lowest BCUT2D eigenvalue weighted by atomic mass is 10.0. The molecule has 2 unspecified atom stereocenters. The standard InChI is InChI=1S/C14H17ClN4S/c1-9(14-18-16-8-19(14)2)17-12-5-6-20-13-4-3-10(15)7-11(12)13/h3-4,7-9,12,17H,5-6H2,1-2H3. The van der Waals surface area contributed by atoms with Gasteiger partial charge in [0.05, 0.1) is 6.04 Å². The number of nitrogens with one attached hydrogen (secondary N) is 1. The topological polar surface area (TPSA) is 42.7 Å². The van der Waals surface area contributed by atoms with Gasteiger partial charge in [-0.3, -0.25) is 0 Å². The fourth-order valence-corrected chi connectivity index (χ4v) is 3.89. The molecule has 20 heavy (non-hydrogen) atoms. The Labute approximate surface area is 127 Å². The number of nitrogens with zero attached hydrogens (tertiary/aromatic N) is 3. The van der Waals surface area contributed by atoms with Crippen molar-refractivity contribution in [3.63, 3.8) is 0 Å². The van der Waals surface area contributed by atoms with E-state index in [2.05, 4.69) is 34.6 Å². The van der Waals surface area contributed by atoms with Crippen LogP contribution in [0.3, 0.4) is 0 Å². The predicted molar refractivity (Wildman–Crippen MR) is 82.1 cm³/mol. The Hall–Kier alpha value is -1.04. The summed E-state index contributed by atoms with van der Waals surface area (Å²) in [6.07, 6.45) is 2.83. The van der Waals surface area contributed by atoms with Crippen molar-refractivity contribution in [2.45, 2.75) is 30.3 Å². The monoisotopic (exact) mass is 308 g/mol. The van der Waals surface area contributed by atoms with Crippen molar-refractivity contribution in [1.29, 1.82) is 0 Å². The summed E-state index contributed by atoms with van der Waals surface area (Å²) < 4.78 is 1.95. The Morgan fingerprint density at radius 2 is 2.35 bits per heavy atom. The van der Waals surface area contributed by atoms with Crippen molar-refractivity contribution in [3.05, 3.63) is 40.9 Å². The highest BCUT2D eigenvalue weighted by Gasteiger charge is 2.24. The Morgan fingerprint density at radius 1 is 1.50 bits per heavy atom. The van der Waals surface area contributed by atoms with Crippen LogP contribution < -0.4 is 5.32 Å². The number of fused-ring (bicyclic) bond motifs is 1. The molecule has 1 aliphatic heterocycles. The molecule has 6 heteroatoms. The maximum absolute atomic E-state index is 6.14. The molecule has 0 radical (unpaired) electrons. The molecule has 1 aromatic carbocycles. The number of rotatable bonds is 3. The average molecular weight is 309 g/mol. The second-order valence-electron chi connectivity index (χ2n) is 5.06. The van der Waals surface area contributed by atoms with Gasteiger partial charge in [-0.1, -0.05) is 11.6 Å².